The van der Waals surface area contributed by atoms with Crippen LogP contribution < -0.4 is 5.32 Å². The lowest BCUT2D eigenvalue weighted by Gasteiger charge is -2.30. The van der Waals surface area contributed by atoms with E-state index in [9.17, 15) is 4.79 Å². The van der Waals surface area contributed by atoms with Crippen LogP contribution in [0.4, 0.5) is 4.79 Å². The molecule has 7 nitrogen and oxygen atoms in total. The first-order valence-corrected chi connectivity index (χ1v) is 10.5. The Balaban J connectivity index is 1.67. The molecule has 0 atom stereocenters. The van der Waals surface area contributed by atoms with Crippen molar-refractivity contribution in [1.29, 1.82) is 0 Å². The van der Waals surface area contributed by atoms with Gasteiger partial charge in [0.2, 0.25) is 0 Å². The van der Waals surface area contributed by atoms with Crippen molar-refractivity contribution in [3.63, 3.8) is 0 Å². The summed E-state index contributed by atoms with van der Waals surface area (Å²) in [6, 6.07) is 8.36. The standard InChI is InChI=1S/C22H33N5O2/c1-3-8-24-22(28)27(12-11-25-13-15-29-16-14-25)18-21-23-9-10-26(21)17-20-7-5-4-6-19(20)2/h4-7,9-10H,3,8,11-18H2,1-2H3,(H,24,28). The van der Waals surface area contributed by atoms with E-state index < -0.39 is 0 Å². The zero-order valence-electron chi connectivity index (χ0n) is 17.6. The number of aromatic nitrogens is 2. The summed E-state index contributed by atoms with van der Waals surface area (Å²) < 4.78 is 7.56. The van der Waals surface area contributed by atoms with Gasteiger partial charge in [0.1, 0.15) is 5.82 Å². The molecule has 0 saturated carbocycles. The molecule has 158 valence electrons. The number of carbonyl (C=O) groups is 1. The number of benzene rings is 1. The summed E-state index contributed by atoms with van der Waals surface area (Å²) in [4.78, 5) is 21.5. The average Bonchev–Trinajstić information content (AvgIpc) is 3.18. The van der Waals surface area contributed by atoms with Crippen LogP contribution in [-0.2, 0) is 17.8 Å². The molecule has 1 aromatic carbocycles. The molecule has 1 aliphatic heterocycles. The summed E-state index contributed by atoms with van der Waals surface area (Å²) >= 11 is 0. The largest absolute Gasteiger partial charge is 0.379 e. The Morgan fingerprint density at radius 2 is 2.07 bits per heavy atom. The highest BCUT2D eigenvalue weighted by molar-refractivity contribution is 5.74. The molecule has 1 fully saturated rings. The number of urea groups is 1. The maximum atomic E-state index is 12.8. The monoisotopic (exact) mass is 399 g/mol. The normalized spacial score (nSPS) is 14.7. The lowest BCUT2D eigenvalue weighted by Crippen LogP contribution is -2.46. The first-order valence-electron chi connectivity index (χ1n) is 10.5. The molecule has 1 saturated heterocycles. The number of hydrogen-bond donors (Lipinski definition) is 1. The first-order chi connectivity index (χ1) is 14.2. The number of aryl methyl sites for hydroxylation is 1. The van der Waals surface area contributed by atoms with E-state index in [4.69, 9.17) is 4.74 Å². The van der Waals surface area contributed by atoms with Crippen molar-refractivity contribution in [1.82, 2.24) is 24.7 Å². The van der Waals surface area contributed by atoms with Crippen LogP contribution in [0.3, 0.4) is 0 Å². The van der Waals surface area contributed by atoms with Crippen LogP contribution in [-0.4, -0.2) is 71.3 Å². The quantitative estimate of drug-likeness (QED) is 0.704. The highest BCUT2D eigenvalue weighted by Gasteiger charge is 2.19. The zero-order valence-corrected chi connectivity index (χ0v) is 17.6. The van der Waals surface area contributed by atoms with Crippen LogP contribution in [0.2, 0.25) is 0 Å². The van der Waals surface area contributed by atoms with Crippen molar-refractivity contribution >= 4 is 6.03 Å². The summed E-state index contributed by atoms with van der Waals surface area (Å²) in [7, 11) is 0. The Kier molecular flexibility index (Phi) is 8.07. The van der Waals surface area contributed by atoms with E-state index in [0.717, 1.165) is 51.6 Å². The third-order valence-electron chi connectivity index (χ3n) is 5.34. The van der Waals surface area contributed by atoms with E-state index in [0.29, 0.717) is 19.6 Å². The van der Waals surface area contributed by atoms with Gasteiger partial charge in [-0.3, -0.25) is 4.90 Å². The van der Waals surface area contributed by atoms with Crippen molar-refractivity contribution in [3.8, 4) is 0 Å². The Bertz CT molecular complexity index is 770. The molecule has 2 heterocycles. The predicted octanol–water partition coefficient (Wildman–Crippen LogP) is 2.49. The molecule has 0 radical (unpaired) electrons. The second-order valence-corrected chi connectivity index (χ2v) is 7.51. The maximum Gasteiger partial charge on any atom is 0.317 e. The molecule has 0 unspecified atom stereocenters. The van der Waals surface area contributed by atoms with Gasteiger partial charge in [0.25, 0.3) is 0 Å². The van der Waals surface area contributed by atoms with Crippen molar-refractivity contribution in [2.24, 2.45) is 0 Å². The summed E-state index contributed by atoms with van der Waals surface area (Å²) in [5.74, 6) is 0.905. The fourth-order valence-electron chi connectivity index (χ4n) is 3.46. The van der Waals surface area contributed by atoms with Gasteiger partial charge in [-0.25, -0.2) is 9.78 Å². The third-order valence-corrected chi connectivity index (χ3v) is 5.34. The van der Waals surface area contributed by atoms with E-state index in [-0.39, 0.29) is 6.03 Å². The first kappa shape index (κ1) is 21.3. The molecule has 29 heavy (non-hydrogen) atoms. The van der Waals surface area contributed by atoms with Crippen LogP contribution in [0.25, 0.3) is 0 Å². The van der Waals surface area contributed by atoms with Crippen molar-refractivity contribution in [2.45, 2.75) is 33.4 Å². The van der Waals surface area contributed by atoms with Gasteiger partial charge >= 0.3 is 6.03 Å². The molecular formula is C22H33N5O2. The van der Waals surface area contributed by atoms with Gasteiger partial charge in [0, 0.05) is 51.7 Å². The minimum Gasteiger partial charge on any atom is -0.379 e. The van der Waals surface area contributed by atoms with Gasteiger partial charge in [-0.2, -0.15) is 0 Å². The lowest BCUT2D eigenvalue weighted by atomic mass is 10.1. The molecular weight excluding hydrogens is 366 g/mol. The molecule has 0 bridgehead atoms. The van der Waals surface area contributed by atoms with E-state index in [2.05, 4.69) is 57.9 Å². The second-order valence-electron chi connectivity index (χ2n) is 7.51. The smallest absolute Gasteiger partial charge is 0.317 e. The predicted molar refractivity (Wildman–Crippen MR) is 114 cm³/mol. The van der Waals surface area contributed by atoms with Crippen molar-refractivity contribution in [2.75, 3.05) is 45.9 Å². The number of imidazole rings is 1. The summed E-state index contributed by atoms with van der Waals surface area (Å²) in [6.45, 7) is 11.0. The number of amides is 2. The van der Waals surface area contributed by atoms with Crippen LogP contribution in [0.5, 0.6) is 0 Å². The van der Waals surface area contributed by atoms with Crippen molar-refractivity contribution in [3.05, 3.63) is 53.6 Å². The van der Waals surface area contributed by atoms with Crippen LogP contribution in [0, 0.1) is 6.92 Å². The average molecular weight is 400 g/mol. The highest BCUT2D eigenvalue weighted by Crippen LogP contribution is 2.12. The van der Waals surface area contributed by atoms with E-state index >= 15 is 0 Å². The van der Waals surface area contributed by atoms with E-state index in [1.807, 2.05) is 17.3 Å². The Hall–Kier alpha value is -2.38. The van der Waals surface area contributed by atoms with Crippen molar-refractivity contribution < 1.29 is 9.53 Å². The minimum atomic E-state index is -0.0226. The number of carbonyl (C=O) groups excluding carboxylic acids is 1. The fourth-order valence-corrected chi connectivity index (χ4v) is 3.46. The van der Waals surface area contributed by atoms with Gasteiger partial charge in [0.05, 0.1) is 19.8 Å². The Morgan fingerprint density at radius 1 is 1.28 bits per heavy atom. The summed E-state index contributed by atoms with van der Waals surface area (Å²) in [5.41, 5.74) is 2.53. The molecule has 2 amide bonds. The van der Waals surface area contributed by atoms with Gasteiger partial charge in [-0.05, 0) is 24.5 Å². The molecule has 0 aliphatic carbocycles. The minimum absolute atomic E-state index is 0.0226. The zero-order chi connectivity index (χ0) is 20.5. The summed E-state index contributed by atoms with van der Waals surface area (Å²) in [5, 5.41) is 3.02. The van der Waals surface area contributed by atoms with Gasteiger partial charge in [-0.15, -0.1) is 0 Å². The van der Waals surface area contributed by atoms with E-state index in [1.165, 1.54) is 11.1 Å². The number of nitrogens with zero attached hydrogens (tertiary/aromatic N) is 4. The molecule has 3 rings (SSSR count). The Morgan fingerprint density at radius 3 is 2.83 bits per heavy atom. The molecule has 1 aromatic heterocycles. The number of nitrogens with one attached hydrogen (secondary N) is 1. The van der Waals surface area contributed by atoms with E-state index in [1.54, 1.807) is 0 Å². The van der Waals surface area contributed by atoms with Gasteiger partial charge < -0.3 is 19.5 Å². The third kappa shape index (κ3) is 6.30. The number of rotatable bonds is 9. The topological polar surface area (TPSA) is 62.6 Å². The highest BCUT2D eigenvalue weighted by atomic mass is 16.5. The lowest BCUT2D eigenvalue weighted by molar-refractivity contribution is 0.0345. The fraction of sp³-hybridized carbons (Fsp3) is 0.545. The Labute approximate surface area is 173 Å². The molecule has 7 heteroatoms. The SMILES string of the molecule is CCCNC(=O)N(CCN1CCOCC1)Cc1nccn1Cc1ccccc1C. The number of ether oxygens (including phenoxy) is 1. The number of hydrogen-bond acceptors (Lipinski definition) is 4. The van der Waals surface area contributed by atoms with Crippen LogP contribution in [0.15, 0.2) is 36.7 Å². The number of morpholine rings is 1. The molecule has 1 aliphatic rings. The summed E-state index contributed by atoms with van der Waals surface area (Å²) in [6.07, 6.45) is 4.73. The maximum absolute atomic E-state index is 12.8. The molecule has 1 N–H and O–H groups in total. The van der Waals surface area contributed by atoms with Crippen LogP contribution in [0.1, 0.15) is 30.3 Å². The molecule has 2 aromatic rings. The van der Waals surface area contributed by atoms with Gasteiger partial charge in [-0.1, -0.05) is 31.2 Å². The van der Waals surface area contributed by atoms with Gasteiger partial charge in [0.15, 0.2) is 0 Å². The second kappa shape index (κ2) is 11.0. The van der Waals surface area contributed by atoms with Crippen LogP contribution >= 0.6 is 0 Å². The molecule has 0 spiro atoms.